The summed E-state index contributed by atoms with van der Waals surface area (Å²) in [6.07, 6.45) is 14.2. The summed E-state index contributed by atoms with van der Waals surface area (Å²) in [6, 6.07) is 0.613. The van der Waals surface area contributed by atoms with Gasteiger partial charge in [-0.2, -0.15) is 0 Å². The van der Waals surface area contributed by atoms with Gasteiger partial charge in [-0.3, -0.25) is 0 Å². The molecule has 41 heavy (non-hydrogen) atoms. The number of rotatable bonds is 16. The van der Waals surface area contributed by atoms with Crippen molar-refractivity contribution < 1.29 is 10.2 Å². The number of hydrogen-bond donors (Lipinski definition) is 6. The largest absolute Gasteiger partial charge is 0.393 e. The average molecular weight is 577 g/mol. The van der Waals surface area contributed by atoms with E-state index in [1.54, 1.807) is 0 Å². The number of aliphatic hydroxyl groups excluding tert-OH is 2. The number of aliphatic hydroxyl groups is 2. The second kappa shape index (κ2) is 15.2. The molecule has 0 heterocycles. The predicted molar refractivity (Wildman–Crippen MR) is 172 cm³/mol. The third-order valence-corrected chi connectivity index (χ3v) is 13.1. The van der Waals surface area contributed by atoms with Gasteiger partial charge in [0.2, 0.25) is 0 Å². The Kier molecular flexibility index (Phi) is 12.4. The van der Waals surface area contributed by atoms with Crippen molar-refractivity contribution in [3.63, 3.8) is 0 Å². The normalized spacial score (nSPS) is 40.2. The second-order valence-electron chi connectivity index (χ2n) is 15.8. The summed E-state index contributed by atoms with van der Waals surface area (Å²) in [7, 11) is 0. The first-order valence-corrected chi connectivity index (χ1v) is 17.8. The molecule has 4 rings (SSSR count). The molecular formula is C35H68N4O2. The van der Waals surface area contributed by atoms with E-state index in [-0.39, 0.29) is 12.2 Å². The molecule has 0 saturated heterocycles. The fourth-order valence-corrected chi connectivity index (χ4v) is 10.5. The zero-order valence-electron chi connectivity index (χ0n) is 27.5. The van der Waals surface area contributed by atoms with Crippen molar-refractivity contribution in [2.45, 2.75) is 130 Å². The molecule has 4 aliphatic carbocycles. The molecule has 0 spiro atoms. The van der Waals surface area contributed by atoms with E-state index in [4.69, 9.17) is 5.73 Å². The molecule has 0 radical (unpaired) electrons. The summed E-state index contributed by atoms with van der Waals surface area (Å²) < 4.78 is 0. The van der Waals surface area contributed by atoms with E-state index >= 15 is 0 Å². The summed E-state index contributed by atoms with van der Waals surface area (Å²) in [5, 5.41) is 33.1. The number of nitrogens with two attached hydrogens (primary N) is 1. The molecule has 4 aliphatic rings. The first kappa shape index (κ1) is 33.6. The highest BCUT2D eigenvalue weighted by Gasteiger charge is 2.62. The summed E-state index contributed by atoms with van der Waals surface area (Å²) >= 11 is 0. The lowest BCUT2D eigenvalue weighted by atomic mass is 9.43. The van der Waals surface area contributed by atoms with Crippen LogP contribution in [0, 0.1) is 52.3 Å². The minimum Gasteiger partial charge on any atom is -0.393 e. The number of fused-ring (bicyclic) bond motifs is 5. The van der Waals surface area contributed by atoms with E-state index in [9.17, 15) is 10.2 Å². The van der Waals surface area contributed by atoms with Crippen LogP contribution in [0.1, 0.15) is 112 Å². The molecule has 0 amide bonds. The molecule has 7 N–H and O–H groups in total. The van der Waals surface area contributed by atoms with Crippen LogP contribution in [-0.4, -0.2) is 67.7 Å². The predicted octanol–water partition coefficient (Wildman–Crippen LogP) is 4.93. The first-order chi connectivity index (χ1) is 19.6. The highest BCUT2D eigenvalue weighted by Crippen LogP contribution is 2.68. The van der Waals surface area contributed by atoms with Crippen molar-refractivity contribution in [2.24, 2.45) is 58.0 Å². The maximum Gasteiger partial charge on any atom is 0.0577 e. The van der Waals surface area contributed by atoms with Crippen molar-refractivity contribution in [3.8, 4) is 0 Å². The summed E-state index contributed by atoms with van der Waals surface area (Å²) in [6.45, 7) is 17.9. The van der Waals surface area contributed by atoms with Gasteiger partial charge in [0, 0.05) is 19.1 Å². The molecule has 0 aliphatic heterocycles. The van der Waals surface area contributed by atoms with Crippen LogP contribution in [0.4, 0.5) is 0 Å². The Balaban J connectivity index is 1.25. The standard InChI is InChI=1S/C35H68N4O2/c1-24(2)31(40)11-8-25(3)28-9-10-29-33-30(13-15-35(28,29)5)34(4)14-12-27(22-26(34)23-32(33)41)39-19-7-18-38-21-20-37-17-6-16-36/h24-33,37-41H,6-23,36H2,1-5H3/t25-,26-,27+,28-,29?,30?,31-,32+,33?,34+,35-/m1/s1. The van der Waals surface area contributed by atoms with Gasteiger partial charge in [0.1, 0.15) is 0 Å². The summed E-state index contributed by atoms with van der Waals surface area (Å²) in [4.78, 5) is 0. The minimum atomic E-state index is -0.171. The van der Waals surface area contributed by atoms with Crippen LogP contribution < -0.4 is 21.7 Å². The van der Waals surface area contributed by atoms with Crippen LogP contribution in [0.5, 0.6) is 0 Å². The SMILES string of the molecule is CC(C)[C@H](O)CC[C@@H](C)[C@H]1CCC2C3C(CC[C@@]21C)[C@@]1(C)CC[C@H](NCCCNCCNCCCN)C[C@@H]1C[C@@H]3O. The van der Waals surface area contributed by atoms with Crippen LogP contribution >= 0.6 is 0 Å². The van der Waals surface area contributed by atoms with E-state index < -0.39 is 0 Å². The van der Waals surface area contributed by atoms with Crippen LogP contribution in [0.3, 0.4) is 0 Å². The molecule has 0 aromatic carbocycles. The molecule has 4 saturated carbocycles. The molecular weight excluding hydrogens is 508 g/mol. The highest BCUT2D eigenvalue weighted by atomic mass is 16.3. The Hall–Kier alpha value is -0.240. The van der Waals surface area contributed by atoms with Crippen molar-refractivity contribution in [3.05, 3.63) is 0 Å². The van der Waals surface area contributed by atoms with Crippen molar-refractivity contribution >= 4 is 0 Å². The van der Waals surface area contributed by atoms with Gasteiger partial charge < -0.3 is 31.9 Å². The lowest BCUT2D eigenvalue weighted by molar-refractivity contribution is -0.167. The van der Waals surface area contributed by atoms with E-state index in [0.29, 0.717) is 52.4 Å². The molecule has 6 heteroatoms. The molecule has 6 nitrogen and oxygen atoms in total. The fourth-order valence-electron chi connectivity index (χ4n) is 10.5. The Morgan fingerprint density at radius 1 is 0.805 bits per heavy atom. The monoisotopic (exact) mass is 577 g/mol. The molecule has 0 bridgehead atoms. The zero-order valence-corrected chi connectivity index (χ0v) is 27.5. The fraction of sp³-hybridized carbons (Fsp3) is 1.00. The topological polar surface area (TPSA) is 103 Å². The molecule has 4 fully saturated rings. The van der Waals surface area contributed by atoms with Gasteiger partial charge >= 0.3 is 0 Å². The van der Waals surface area contributed by atoms with E-state index in [1.165, 1.54) is 51.4 Å². The second-order valence-corrected chi connectivity index (χ2v) is 15.8. The molecule has 3 unspecified atom stereocenters. The van der Waals surface area contributed by atoms with Gasteiger partial charge in [-0.1, -0.05) is 34.6 Å². The van der Waals surface area contributed by atoms with E-state index in [1.807, 2.05) is 0 Å². The third kappa shape index (κ3) is 7.71. The summed E-state index contributed by atoms with van der Waals surface area (Å²) in [5.41, 5.74) is 6.30. The minimum absolute atomic E-state index is 0.124. The molecule has 240 valence electrons. The maximum atomic E-state index is 11.8. The number of hydrogen-bond acceptors (Lipinski definition) is 6. The Bertz CT molecular complexity index is 781. The van der Waals surface area contributed by atoms with Gasteiger partial charge in [0.15, 0.2) is 0 Å². The van der Waals surface area contributed by atoms with Crippen LogP contribution in [0.15, 0.2) is 0 Å². The van der Waals surface area contributed by atoms with Gasteiger partial charge in [-0.05, 0) is 155 Å². The van der Waals surface area contributed by atoms with E-state index in [0.717, 1.165) is 70.9 Å². The van der Waals surface area contributed by atoms with Crippen molar-refractivity contribution in [2.75, 3.05) is 39.3 Å². The number of nitrogens with one attached hydrogen (secondary N) is 3. The molecule has 0 aromatic heterocycles. The van der Waals surface area contributed by atoms with E-state index in [2.05, 4.69) is 50.6 Å². The van der Waals surface area contributed by atoms with Crippen molar-refractivity contribution in [1.82, 2.24) is 16.0 Å². The highest BCUT2D eigenvalue weighted by molar-refractivity contribution is 5.12. The first-order valence-electron chi connectivity index (χ1n) is 17.8. The Morgan fingerprint density at radius 2 is 1.49 bits per heavy atom. The third-order valence-electron chi connectivity index (χ3n) is 13.1. The quantitative estimate of drug-likeness (QED) is 0.146. The smallest absolute Gasteiger partial charge is 0.0577 e. The maximum absolute atomic E-state index is 11.8. The molecule has 11 atom stereocenters. The summed E-state index contributed by atoms with van der Waals surface area (Å²) in [5.74, 6) is 4.27. The van der Waals surface area contributed by atoms with Gasteiger partial charge in [0.25, 0.3) is 0 Å². The van der Waals surface area contributed by atoms with Crippen LogP contribution in [0.25, 0.3) is 0 Å². The van der Waals surface area contributed by atoms with Gasteiger partial charge in [0.05, 0.1) is 12.2 Å². The lowest BCUT2D eigenvalue weighted by Gasteiger charge is -2.62. The van der Waals surface area contributed by atoms with Crippen molar-refractivity contribution in [1.29, 1.82) is 0 Å². The lowest BCUT2D eigenvalue weighted by Crippen LogP contribution is -2.59. The molecule has 0 aromatic rings. The Morgan fingerprint density at radius 3 is 2.20 bits per heavy atom. The van der Waals surface area contributed by atoms with Gasteiger partial charge in [-0.25, -0.2) is 0 Å². The van der Waals surface area contributed by atoms with Gasteiger partial charge in [-0.15, -0.1) is 0 Å². The average Bonchev–Trinajstić information content (AvgIpc) is 3.30. The van der Waals surface area contributed by atoms with Crippen LogP contribution in [-0.2, 0) is 0 Å². The Labute approximate surface area is 253 Å². The zero-order chi connectivity index (χ0) is 29.6. The van der Waals surface area contributed by atoms with Crippen LogP contribution in [0.2, 0.25) is 0 Å².